The van der Waals surface area contributed by atoms with E-state index in [9.17, 15) is 18.4 Å². The fourth-order valence-corrected chi connectivity index (χ4v) is 4.56. The van der Waals surface area contributed by atoms with Crippen molar-refractivity contribution < 1.29 is 13.2 Å². The molecule has 0 spiro atoms. The standard InChI is InChI=1S/C24H24ClF2N5O3/c25-19-13-17-22(28-19)31(9-1-3-14-5-6-14)24(34)32(23(17)33)10-2-4-20-29-30-21(35-20)11-15-7-8-16(26)12-18(15)27/h7-8,12,14H,1-6,9-11,13H2. The van der Waals surface area contributed by atoms with Gasteiger partial charge < -0.3 is 4.42 Å². The number of fused-ring (bicyclic) bond motifs is 1. The van der Waals surface area contributed by atoms with Crippen LogP contribution in [0.2, 0.25) is 0 Å². The molecule has 35 heavy (non-hydrogen) atoms. The molecular formula is C24H24ClF2N5O3. The number of benzene rings is 1. The molecule has 0 radical (unpaired) electrons. The van der Waals surface area contributed by atoms with E-state index in [-0.39, 0.29) is 36.4 Å². The number of aromatic nitrogens is 4. The maximum atomic E-state index is 13.9. The van der Waals surface area contributed by atoms with Gasteiger partial charge in [-0.25, -0.2) is 18.6 Å². The van der Waals surface area contributed by atoms with E-state index in [4.69, 9.17) is 16.0 Å². The van der Waals surface area contributed by atoms with Crippen LogP contribution in [0, 0.1) is 17.6 Å². The summed E-state index contributed by atoms with van der Waals surface area (Å²) in [7, 11) is 0. The average Bonchev–Trinajstić information content (AvgIpc) is 3.40. The van der Waals surface area contributed by atoms with Crippen molar-refractivity contribution in [3.05, 3.63) is 73.6 Å². The molecule has 5 rings (SSSR count). The summed E-state index contributed by atoms with van der Waals surface area (Å²) in [6.45, 7) is 0.675. The van der Waals surface area contributed by atoms with Crippen molar-refractivity contribution >= 4 is 22.6 Å². The number of aliphatic imine (C=N–C) groups is 1. The van der Waals surface area contributed by atoms with Crippen LogP contribution in [0.15, 0.2) is 37.2 Å². The minimum atomic E-state index is -0.682. The predicted molar refractivity (Wildman–Crippen MR) is 125 cm³/mol. The van der Waals surface area contributed by atoms with Crippen LogP contribution in [0.3, 0.4) is 0 Å². The third kappa shape index (κ3) is 5.27. The van der Waals surface area contributed by atoms with Crippen molar-refractivity contribution in [3.8, 4) is 0 Å². The van der Waals surface area contributed by atoms with Crippen LogP contribution < -0.4 is 11.2 Å². The van der Waals surface area contributed by atoms with E-state index in [0.29, 0.717) is 41.8 Å². The van der Waals surface area contributed by atoms with E-state index in [1.807, 2.05) is 0 Å². The first-order valence-corrected chi connectivity index (χ1v) is 12.1. The Morgan fingerprint density at radius 1 is 1.06 bits per heavy atom. The molecule has 3 aromatic rings. The Morgan fingerprint density at radius 3 is 2.60 bits per heavy atom. The second-order valence-electron chi connectivity index (χ2n) is 9.05. The van der Waals surface area contributed by atoms with E-state index < -0.39 is 17.3 Å². The summed E-state index contributed by atoms with van der Waals surface area (Å²) < 4.78 is 35.3. The highest BCUT2D eigenvalue weighted by Gasteiger charge is 2.25. The maximum Gasteiger partial charge on any atom is 0.332 e. The molecule has 1 aliphatic heterocycles. The number of hydrogen-bond acceptors (Lipinski definition) is 6. The van der Waals surface area contributed by atoms with Crippen molar-refractivity contribution in [2.24, 2.45) is 10.9 Å². The van der Waals surface area contributed by atoms with Crippen LogP contribution in [0.1, 0.15) is 55.0 Å². The van der Waals surface area contributed by atoms with Gasteiger partial charge in [-0.15, -0.1) is 10.2 Å². The molecule has 0 amide bonds. The van der Waals surface area contributed by atoms with Crippen molar-refractivity contribution in [1.82, 2.24) is 19.3 Å². The minimum absolute atomic E-state index is 0.0374. The normalized spacial score (nSPS) is 14.9. The van der Waals surface area contributed by atoms with E-state index in [1.54, 1.807) is 4.57 Å². The van der Waals surface area contributed by atoms with Crippen LogP contribution >= 0.6 is 11.6 Å². The zero-order valence-corrected chi connectivity index (χ0v) is 19.7. The molecule has 184 valence electrons. The summed E-state index contributed by atoms with van der Waals surface area (Å²) in [5.41, 5.74) is -0.0738. The Balaban J connectivity index is 1.26. The number of nitrogens with zero attached hydrogens (tertiary/aromatic N) is 5. The molecule has 0 saturated heterocycles. The first-order chi connectivity index (χ1) is 16.9. The minimum Gasteiger partial charge on any atom is -0.425 e. The van der Waals surface area contributed by atoms with E-state index in [1.165, 1.54) is 29.5 Å². The van der Waals surface area contributed by atoms with Crippen LogP contribution in [-0.2, 0) is 32.4 Å². The lowest BCUT2D eigenvalue weighted by Crippen LogP contribution is -2.41. The Labute approximate surface area is 204 Å². The molecule has 0 N–H and O–H groups in total. The van der Waals surface area contributed by atoms with Crippen molar-refractivity contribution in [1.29, 1.82) is 0 Å². The zero-order chi connectivity index (χ0) is 24.5. The van der Waals surface area contributed by atoms with Gasteiger partial charge in [-0.05, 0) is 36.8 Å². The van der Waals surface area contributed by atoms with Crippen LogP contribution in [0.25, 0.3) is 0 Å². The Morgan fingerprint density at radius 2 is 1.83 bits per heavy atom. The summed E-state index contributed by atoms with van der Waals surface area (Å²) in [5, 5.41) is 8.19. The van der Waals surface area contributed by atoms with Gasteiger partial charge in [-0.2, -0.15) is 0 Å². The molecule has 3 heterocycles. The summed E-state index contributed by atoms with van der Waals surface area (Å²) >= 11 is 6.10. The molecule has 1 aromatic carbocycles. The van der Waals surface area contributed by atoms with Crippen molar-refractivity contribution in [3.63, 3.8) is 0 Å². The molecular weight excluding hydrogens is 480 g/mol. The first kappa shape index (κ1) is 23.6. The van der Waals surface area contributed by atoms with Crippen LogP contribution in [-0.4, -0.2) is 24.5 Å². The fraction of sp³-hybridized carbons (Fsp3) is 0.458. The zero-order valence-electron chi connectivity index (χ0n) is 19.0. The molecule has 1 saturated carbocycles. The Hall–Kier alpha value is -3.14. The van der Waals surface area contributed by atoms with Gasteiger partial charge in [-0.1, -0.05) is 30.5 Å². The average molecular weight is 504 g/mol. The molecule has 8 nitrogen and oxygen atoms in total. The van der Waals surface area contributed by atoms with Crippen LogP contribution in [0.5, 0.6) is 0 Å². The third-order valence-corrected chi connectivity index (χ3v) is 6.59. The van der Waals surface area contributed by atoms with Gasteiger partial charge in [0, 0.05) is 32.0 Å². The fourth-order valence-electron chi connectivity index (χ4n) is 4.35. The molecule has 0 bridgehead atoms. The smallest absolute Gasteiger partial charge is 0.332 e. The highest BCUT2D eigenvalue weighted by Crippen LogP contribution is 2.34. The first-order valence-electron chi connectivity index (χ1n) is 11.7. The number of rotatable bonds is 10. The third-order valence-electron chi connectivity index (χ3n) is 6.37. The number of aryl methyl sites for hydroxylation is 1. The Kier molecular flexibility index (Phi) is 6.64. The molecule has 2 aromatic heterocycles. The lowest BCUT2D eigenvalue weighted by atomic mass is 10.1. The number of hydrogen-bond donors (Lipinski definition) is 0. The lowest BCUT2D eigenvalue weighted by molar-refractivity contribution is 0.436. The SMILES string of the molecule is O=c1c2c(n(CCCC3CC3)c(=O)n1CCCc1nnc(Cc3ccc(F)cc3F)o1)N=C(Cl)C2. The summed E-state index contributed by atoms with van der Waals surface area (Å²) in [6, 6.07) is 3.30. The van der Waals surface area contributed by atoms with Crippen LogP contribution in [0.4, 0.5) is 14.6 Å². The highest BCUT2D eigenvalue weighted by molar-refractivity contribution is 6.66. The predicted octanol–water partition coefficient (Wildman–Crippen LogP) is 3.91. The van der Waals surface area contributed by atoms with Gasteiger partial charge in [0.25, 0.3) is 5.56 Å². The lowest BCUT2D eigenvalue weighted by Gasteiger charge is -2.14. The second-order valence-corrected chi connectivity index (χ2v) is 9.49. The van der Waals surface area contributed by atoms with E-state index in [2.05, 4.69) is 15.2 Å². The highest BCUT2D eigenvalue weighted by atomic mass is 35.5. The Bertz CT molecular complexity index is 1410. The van der Waals surface area contributed by atoms with Gasteiger partial charge in [0.15, 0.2) is 0 Å². The topological polar surface area (TPSA) is 95.3 Å². The molecule has 2 aliphatic rings. The molecule has 1 aliphatic carbocycles. The summed E-state index contributed by atoms with van der Waals surface area (Å²) in [4.78, 5) is 30.4. The van der Waals surface area contributed by atoms with Gasteiger partial charge in [0.1, 0.15) is 22.6 Å². The number of halogens is 3. The van der Waals surface area contributed by atoms with Gasteiger partial charge in [0.05, 0.1) is 12.0 Å². The van der Waals surface area contributed by atoms with Crippen molar-refractivity contribution in [2.75, 3.05) is 0 Å². The van der Waals surface area contributed by atoms with Gasteiger partial charge >= 0.3 is 5.69 Å². The molecule has 11 heteroatoms. The quantitative estimate of drug-likeness (QED) is 0.418. The molecule has 0 unspecified atom stereocenters. The molecule has 1 fully saturated rings. The van der Waals surface area contributed by atoms with Crippen molar-refractivity contribution in [2.45, 2.75) is 64.5 Å². The van der Waals surface area contributed by atoms with E-state index in [0.717, 1.165) is 24.8 Å². The van der Waals surface area contributed by atoms with Gasteiger partial charge in [0.2, 0.25) is 11.8 Å². The maximum absolute atomic E-state index is 13.9. The molecule has 0 atom stereocenters. The largest absolute Gasteiger partial charge is 0.425 e. The second kappa shape index (κ2) is 9.85. The monoisotopic (exact) mass is 503 g/mol. The summed E-state index contributed by atoms with van der Waals surface area (Å²) in [6.07, 6.45) is 5.40. The van der Waals surface area contributed by atoms with Gasteiger partial charge in [-0.3, -0.25) is 13.9 Å². The summed E-state index contributed by atoms with van der Waals surface area (Å²) in [5.74, 6) is 0.299. The van der Waals surface area contributed by atoms with E-state index >= 15 is 0 Å².